The van der Waals surface area contributed by atoms with Crippen LogP contribution in [0.3, 0.4) is 0 Å². The highest BCUT2D eigenvalue weighted by Crippen LogP contribution is 2.35. The SMILES string of the molecule is CCC1CCCCC1C(=O)c1cnn2ccccc12. The summed E-state index contributed by atoms with van der Waals surface area (Å²) in [4.78, 5) is 12.8. The quantitative estimate of drug-likeness (QED) is 0.784. The second-order valence-electron chi connectivity index (χ2n) is 5.51. The summed E-state index contributed by atoms with van der Waals surface area (Å²) in [6, 6.07) is 5.87. The maximum absolute atomic E-state index is 12.8. The van der Waals surface area contributed by atoms with E-state index in [4.69, 9.17) is 0 Å². The topological polar surface area (TPSA) is 34.4 Å². The number of Topliss-reactive ketones (excluding diaryl/α,β-unsaturated/α-hetero) is 1. The molecule has 0 aliphatic heterocycles. The van der Waals surface area contributed by atoms with Crippen LogP contribution in [0.2, 0.25) is 0 Å². The number of hydrogen-bond acceptors (Lipinski definition) is 2. The van der Waals surface area contributed by atoms with Gasteiger partial charge in [0.05, 0.1) is 17.3 Å². The molecule has 100 valence electrons. The highest BCUT2D eigenvalue weighted by atomic mass is 16.1. The predicted molar refractivity (Wildman–Crippen MR) is 75.3 cm³/mol. The number of pyridine rings is 1. The smallest absolute Gasteiger partial charge is 0.170 e. The van der Waals surface area contributed by atoms with E-state index in [9.17, 15) is 4.79 Å². The van der Waals surface area contributed by atoms with Gasteiger partial charge in [-0.2, -0.15) is 5.10 Å². The van der Waals surface area contributed by atoms with E-state index in [1.165, 1.54) is 19.3 Å². The number of fused-ring (bicyclic) bond motifs is 1. The summed E-state index contributed by atoms with van der Waals surface area (Å²) in [5, 5.41) is 4.28. The minimum Gasteiger partial charge on any atom is -0.294 e. The lowest BCUT2D eigenvalue weighted by Gasteiger charge is -2.29. The van der Waals surface area contributed by atoms with Gasteiger partial charge in [-0.1, -0.05) is 32.3 Å². The first-order valence-electron chi connectivity index (χ1n) is 7.28. The summed E-state index contributed by atoms with van der Waals surface area (Å²) in [5.74, 6) is 1.06. The van der Waals surface area contributed by atoms with E-state index < -0.39 is 0 Å². The summed E-state index contributed by atoms with van der Waals surface area (Å²) in [5.41, 5.74) is 1.74. The van der Waals surface area contributed by atoms with Gasteiger partial charge in [0.1, 0.15) is 0 Å². The zero-order valence-electron chi connectivity index (χ0n) is 11.4. The van der Waals surface area contributed by atoms with Crippen molar-refractivity contribution in [2.75, 3.05) is 0 Å². The molecule has 0 amide bonds. The summed E-state index contributed by atoms with van der Waals surface area (Å²) in [7, 11) is 0. The van der Waals surface area contributed by atoms with Crippen LogP contribution in [-0.2, 0) is 0 Å². The number of carbonyl (C=O) groups excluding carboxylic acids is 1. The van der Waals surface area contributed by atoms with Gasteiger partial charge in [0.2, 0.25) is 0 Å². The summed E-state index contributed by atoms with van der Waals surface area (Å²) in [6.45, 7) is 2.20. The van der Waals surface area contributed by atoms with Gasteiger partial charge in [0, 0.05) is 12.1 Å². The van der Waals surface area contributed by atoms with Crippen LogP contribution in [0.1, 0.15) is 49.4 Å². The number of nitrogens with zero attached hydrogens (tertiary/aromatic N) is 2. The van der Waals surface area contributed by atoms with E-state index in [1.807, 2.05) is 24.4 Å². The van der Waals surface area contributed by atoms with Gasteiger partial charge in [-0.05, 0) is 30.9 Å². The molecule has 3 rings (SSSR count). The van der Waals surface area contributed by atoms with Crippen molar-refractivity contribution < 1.29 is 4.79 Å². The van der Waals surface area contributed by atoms with Crippen molar-refractivity contribution >= 4 is 11.3 Å². The van der Waals surface area contributed by atoms with Gasteiger partial charge in [0.25, 0.3) is 0 Å². The van der Waals surface area contributed by atoms with Crippen LogP contribution in [0.5, 0.6) is 0 Å². The minimum absolute atomic E-state index is 0.201. The Kier molecular flexibility index (Phi) is 3.36. The van der Waals surface area contributed by atoms with Crippen molar-refractivity contribution in [3.8, 4) is 0 Å². The summed E-state index contributed by atoms with van der Waals surface area (Å²) < 4.78 is 1.79. The zero-order valence-corrected chi connectivity index (χ0v) is 11.4. The third kappa shape index (κ3) is 2.18. The van der Waals surface area contributed by atoms with Crippen molar-refractivity contribution in [1.29, 1.82) is 0 Å². The summed E-state index contributed by atoms with van der Waals surface area (Å²) in [6.07, 6.45) is 9.44. The lowest BCUT2D eigenvalue weighted by molar-refractivity contribution is 0.0822. The molecule has 19 heavy (non-hydrogen) atoms. The van der Waals surface area contributed by atoms with Gasteiger partial charge in [-0.3, -0.25) is 4.79 Å². The van der Waals surface area contributed by atoms with Gasteiger partial charge >= 0.3 is 0 Å². The summed E-state index contributed by atoms with van der Waals surface area (Å²) >= 11 is 0. The Hall–Kier alpha value is -1.64. The molecule has 3 heteroatoms. The van der Waals surface area contributed by atoms with E-state index in [1.54, 1.807) is 10.7 Å². The minimum atomic E-state index is 0.201. The average Bonchev–Trinajstić information content (AvgIpc) is 2.90. The first-order valence-corrected chi connectivity index (χ1v) is 7.28. The van der Waals surface area contributed by atoms with Crippen molar-refractivity contribution in [3.05, 3.63) is 36.2 Å². The van der Waals surface area contributed by atoms with E-state index in [-0.39, 0.29) is 5.92 Å². The maximum Gasteiger partial charge on any atom is 0.170 e. The molecule has 0 bridgehead atoms. The third-order valence-corrected chi connectivity index (χ3v) is 4.46. The zero-order chi connectivity index (χ0) is 13.2. The Bertz CT molecular complexity index is 587. The molecule has 0 saturated heterocycles. The van der Waals surface area contributed by atoms with Crippen molar-refractivity contribution in [3.63, 3.8) is 0 Å². The number of rotatable bonds is 3. The molecular weight excluding hydrogens is 236 g/mol. The molecule has 0 N–H and O–H groups in total. The van der Waals surface area contributed by atoms with Crippen LogP contribution in [0.4, 0.5) is 0 Å². The Morgan fingerprint density at radius 2 is 2.21 bits per heavy atom. The van der Waals surface area contributed by atoms with Gasteiger partial charge < -0.3 is 0 Å². The van der Waals surface area contributed by atoms with Crippen LogP contribution in [0.25, 0.3) is 5.52 Å². The lowest BCUT2D eigenvalue weighted by Crippen LogP contribution is -2.26. The first-order chi connectivity index (χ1) is 9.31. The molecule has 2 heterocycles. The van der Waals surface area contributed by atoms with Crippen LogP contribution in [0, 0.1) is 11.8 Å². The van der Waals surface area contributed by atoms with Crippen LogP contribution >= 0.6 is 0 Å². The molecule has 1 fully saturated rings. The lowest BCUT2D eigenvalue weighted by atomic mass is 9.74. The highest BCUT2D eigenvalue weighted by molar-refractivity contribution is 6.03. The fourth-order valence-corrected chi connectivity index (χ4v) is 3.37. The fraction of sp³-hybridized carbons (Fsp3) is 0.500. The van der Waals surface area contributed by atoms with Crippen molar-refractivity contribution in [2.24, 2.45) is 11.8 Å². The number of ketones is 1. The van der Waals surface area contributed by atoms with Gasteiger partial charge in [0.15, 0.2) is 5.78 Å². The molecule has 1 aliphatic rings. The largest absolute Gasteiger partial charge is 0.294 e. The first kappa shape index (κ1) is 12.4. The number of hydrogen-bond donors (Lipinski definition) is 0. The van der Waals surface area contributed by atoms with E-state index in [0.29, 0.717) is 11.7 Å². The molecule has 2 atom stereocenters. The van der Waals surface area contributed by atoms with Crippen molar-refractivity contribution in [2.45, 2.75) is 39.0 Å². The number of carbonyl (C=O) groups is 1. The second kappa shape index (κ2) is 5.16. The Balaban J connectivity index is 1.94. The molecular formula is C16H20N2O. The molecule has 0 radical (unpaired) electrons. The van der Waals surface area contributed by atoms with Crippen molar-refractivity contribution in [1.82, 2.24) is 9.61 Å². The molecule has 0 aromatic carbocycles. The molecule has 2 unspecified atom stereocenters. The average molecular weight is 256 g/mol. The monoisotopic (exact) mass is 256 g/mol. The van der Waals surface area contributed by atoms with Crippen LogP contribution in [-0.4, -0.2) is 15.4 Å². The van der Waals surface area contributed by atoms with Gasteiger partial charge in [-0.15, -0.1) is 0 Å². The molecule has 0 spiro atoms. The molecule has 2 aromatic rings. The number of aromatic nitrogens is 2. The third-order valence-electron chi connectivity index (χ3n) is 4.46. The fourth-order valence-electron chi connectivity index (χ4n) is 3.37. The van der Waals surface area contributed by atoms with E-state index in [0.717, 1.165) is 23.9 Å². The van der Waals surface area contributed by atoms with E-state index >= 15 is 0 Å². The molecule has 2 aromatic heterocycles. The van der Waals surface area contributed by atoms with Crippen LogP contribution in [0.15, 0.2) is 30.6 Å². The molecule has 1 saturated carbocycles. The maximum atomic E-state index is 12.8. The Morgan fingerprint density at radius 3 is 3.05 bits per heavy atom. The Labute approximate surface area is 113 Å². The van der Waals surface area contributed by atoms with E-state index in [2.05, 4.69) is 12.0 Å². The van der Waals surface area contributed by atoms with Crippen LogP contribution < -0.4 is 0 Å². The Morgan fingerprint density at radius 1 is 1.37 bits per heavy atom. The second-order valence-corrected chi connectivity index (χ2v) is 5.51. The predicted octanol–water partition coefficient (Wildman–Crippen LogP) is 3.73. The standard InChI is InChI=1S/C16H20N2O/c1-2-12-7-3-4-8-13(12)16(19)14-11-17-18-10-6-5-9-15(14)18/h5-6,9-13H,2-4,7-8H2,1H3. The van der Waals surface area contributed by atoms with Gasteiger partial charge in [-0.25, -0.2) is 4.52 Å². The highest BCUT2D eigenvalue weighted by Gasteiger charge is 2.31. The molecule has 1 aliphatic carbocycles. The molecule has 3 nitrogen and oxygen atoms in total. The normalized spacial score (nSPS) is 23.6.